The zero-order valence-corrected chi connectivity index (χ0v) is 15.6. The number of nitrogens with two attached hydrogens (primary N) is 1. The Kier molecular flexibility index (Phi) is 5.50. The number of rotatable bonds is 5. The number of thiophene rings is 1. The highest BCUT2D eigenvalue weighted by molar-refractivity contribution is 7.89. The van der Waals surface area contributed by atoms with Crippen molar-refractivity contribution in [1.82, 2.24) is 0 Å². The molecule has 3 aromatic rings. The minimum Gasteiger partial charge on any atom is -0.322 e. The summed E-state index contributed by atoms with van der Waals surface area (Å²) in [5, 5.41) is 9.64. The highest BCUT2D eigenvalue weighted by Crippen LogP contribution is 2.25. The molecule has 1 amide bonds. The van der Waals surface area contributed by atoms with Crippen LogP contribution in [-0.4, -0.2) is 14.3 Å². The maximum absolute atomic E-state index is 13.1. The molecule has 0 fully saturated rings. The number of sulfonamides is 1. The molecule has 0 spiro atoms. The van der Waals surface area contributed by atoms with Gasteiger partial charge in [0.1, 0.15) is 5.82 Å². The first-order valence-electron chi connectivity index (χ1n) is 7.78. The molecule has 2 aromatic carbocycles. The summed E-state index contributed by atoms with van der Waals surface area (Å²) < 4.78 is 36.1. The second kappa shape index (κ2) is 7.83. The van der Waals surface area contributed by atoms with Crippen molar-refractivity contribution in [3.63, 3.8) is 0 Å². The second-order valence-electron chi connectivity index (χ2n) is 5.61. The SMILES string of the molecule is NS(=O)(=O)c1cccc(NC(=O)/C(=C/c2ccc(F)cc2)c2cccs2)c1. The van der Waals surface area contributed by atoms with Crippen LogP contribution in [0.25, 0.3) is 11.6 Å². The van der Waals surface area contributed by atoms with Crippen LogP contribution >= 0.6 is 11.3 Å². The predicted octanol–water partition coefficient (Wildman–Crippen LogP) is 3.71. The maximum atomic E-state index is 13.1. The molecule has 0 atom stereocenters. The first kappa shape index (κ1) is 19.0. The third-order valence-corrected chi connectivity index (χ3v) is 5.45. The van der Waals surface area contributed by atoms with Crippen molar-refractivity contribution >= 4 is 44.6 Å². The number of hydrogen-bond donors (Lipinski definition) is 2. The van der Waals surface area contributed by atoms with Gasteiger partial charge in [0.15, 0.2) is 0 Å². The van der Waals surface area contributed by atoms with Crippen molar-refractivity contribution in [1.29, 1.82) is 0 Å². The van der Waals surface area contributed by atoms with Gasteiger partial charge >= 0.3 is 0 Å². The lowest BCUT2D eigenvalue weighted by atomic mass is 10.1. The Morgan fingerprint density at radius 3 is 2.44 bits per heavy atom. The molecule has 0 aliphatic carbocycles. The Morgan fingerprint density at radius 2 is 1.81 bits per heavy atom. The number of hydrogen-bond acceptors (Lipinski definition) is 4. The molecule has 1 aromatic heterocycles. The van der Waals surface area contributed by atoms with Crippen LogP contribution in [0.15, 0.2) is 70.9 Å². The quantitative estimate of drug-likeness (QED) is 0.638. The van der Waals surface area contributed by atoms with E-state index in [1.165, 1.54) is 41.7 Å². The summed E-state index contributed by atoms with van der Waals surface area (Å²) in [5.41, 5.74) is 1.33. The molecule has 0 radical (unpaired) electrons. The molecule has 27 heavy (non-hydrogen) atoms. The molecular weight excluding hydrogens is 387 g/mol. The van der Waals surface area contributed by atoms with E-state index in [4.69, 9.17) is 5.14 Å². The van der Waals surface area contributed by atoms with Crippen LogP contribution < -0.4 is 10.5 Å². The molecule has 5 nitrogen and oxygen atoms in total. The molecule has 0 aliphatic heterocycles. The van der Waals surface area contributed by atoms with Gasteiger partial charge in [-0.15, -0.1) is 11.3 Å². The number of primary sulfonamides is 1. The number of carbonyl (C=O) groups excluding carboxylic acids is 1. The smallest absolute Gasteiger partial charge is 0.257 e. The largest absolute Gasteiger partial charge is 0.322 e. The first-order valence-corrected chi connectivity index (χ1v) is 10.2. The maximum Gasteiger partial charge on any atom is 0.257 e. The predicted molar refractivity (Wildman–Crippen MR) is 105 cm³/mol. The van der Waals surface area contributed by atoms with Crippen LogP contribution in [0.2, 0.25) is 0 Å². The van der Waals surface area contributed by atoms with E-state index in [-0.39, 0.29) is 10.7 Å². The fraction of sp³-hybridized carbons (Fsp3) is 0. The van der Waals surface area contributed by atoms with Gasteiger partial charge in [-0.3, -0.25) is 4.79 Å². The fourth-order valence-electron chi connectivity index (χ4n) is 2.36. The molecule has 0 saturated carbocycles. The van der Waals surface area contributed by atoms with Gasteiger partial charge in [0.25, 0.3) is 5.91 Å². The molecule has 0 saturated heterocycles. The van der Waals surface area contributed by atoms with E-state index in [9.17, 15) is 17.6 Å². The molecule has 1 heterocycles. The van der Waals surface area contributed by atoms with Gasteiger partial charge in [0, 0.05) is 10.6 Å². The topological polar surface area (TPSA) is 89.3 Å². The molecule has 0 unspecified atom stereocenters. The summed E-state index contributed by atoms with van der Waals surface area (Å²) in [7, 11) is -3.88. The first-order chi connectivity index (χ1) is 12.8. The van der Waals surface area contributed by atoms with E-state index in [1.54, 1.807) is 30.3 Å². The summed E-state index contributed by atoms with van der Waals surface area (Å²) in [6.07, 6.45) is 1.64. The van der Waals surface area contributed by atoms with Gasteiger partial charge in [-0.25, -0.2) is 17.9 Å². The summed E-state index contributed by atoms with van der Waals surface area (Å²) in [6, 6.07) is 15.1. The number of benzene rings is 2. The van der Waals surface area contributed by atoms with Crippen molar-refractivity contribution in [3.8, 4) is 0 Å². The zero-order valence-electron chi connectivity index (χ0n) is 13.9. The molecule has 138 valence electrons. The second-order valence-corrected chi connectivity index (χ2v) is 8.12. The van der Waals surface area contributed by atoms with E-state index >= 15 is 0 Å². The Morgan fingerprint density at radius 1 is 1.07 bits per heavy atom. The molecule has 3 rings (SSSR count). The van der Waals surface area contributed by atoms with Gasteiger partial charge in [0.05, 0.1) is 10.5 Å². The number of halogens is 1. The van der Waals surface area contributed by atoms with Crippen LogP contribution in [0.3, 0.4) is 0 Å². The minimum absolute atomic E-state index is 0.0968. The standard InChI is InChI=1S/C19H15FN2O3S2/c20-14-8-6-13(7-9-14)11-17(18-5-2-10-26-18)19(23)22-15-3-1-4-16(12-15)27(21,24)25/h1-12H,(H,22,23)(H2,21,24,25)/b17-11+. The van der Waals surface area contributed by atoms with Gasteiger partial charge in [-0.2, -0.15) is 0 Å². The number of amides is 1. The van der Waals surface area contributed by atoms with Crippen LogP contribution in [0.4, 0.5) is 10.1 Å². The molecule has 0 bridgehead atoms. The number of nitrogens with one attached hydrogen (secondary N) is 1. The number of anilines is 1. The summed E-state index contributed by atoms with van der Waals surface area (Å²) >= 11 is 1.38. The Hall–Kier alpha value is -2.81. The lowest BCUT2D eigenvalue weighted by molar-refractivity contribution is -0.111. The highest BCUT2D eigenvalue weighted by atomic mass is 32.2. The summed E-state index contributed by atoms with van der Waals surface area (Å²) in [5.74, 6) is -0.789. The molecule has 0 aliphatic rings. The molecule has 8 heteroatoms. The third-order valence-electron chi connectivity index (χ3n) is 3.63. The van der Waals surface area contributed by atoms with Crippen LogP contribution in [-0.2, 0) is 14.8 Å². The Balaban J connectivity index is 1.94. The van der Waals surface area contributed by atoms with E-state index in [0.29, 0.717) is 16.8 Å². The monoisotopic (exact) mass is 402 g/mol. The zero-order chi connectivity index (χ0) is 19.4. The van der Waals surface area contributed by atoms with Gasteiger partial charge in [-0.1, -0.05) is 24.3 Å². The lowest BCUT2D eigenvalue weighted by Gasteiger charge is -2.09. The normalized spacial score (nSPS) is 12.0. The van der Waals surface area contributed by atoms with Gasteiger partial charge in [-0.05, 0) is 53.4 Å². The van der Waals surface area contributed by atoms with Gasteiger partial charge < -0.3 is 5.32 Å². The average molecular weight is 402 g/mol. The summed E-state index contributed by atoms with van der Waals surface area (Å²) in [4.78, 5) is 13.4. The van der Waals surface area contributed by atoms with E-state index in [1.807, 2.05) is 11.4 Å². The van der Waals surface area contributed by atoms with Gasteiger partial charge in [0.2, 0.25) is 10.0 Å². The lowest BCUT2D eigenvalue weighted by Crippen LogP contribution is -2.15. The third kappa shape index (κ3) is 4.88. The Labute approximate surface area is 160 Å². The van der Waals surface area contributed by atoms with Crippen LogP contribution in [0.5, 0.6) is 0 Å². The summed E-state index contributed by atoms with van der Waals surface area (Å²) in [6.45, 7) is 0. The molecular formula is C19H15FN2O3S2. The van der Waals surface area contributed by atoms with Crippen molar-refractivity contribution in [2.75, 3.05) is 5.32 Å². The van der Waals surface area contributed by atoms with E-state index in [2.05, 4.69) is 5.32 Å². The van der Waals surface area contributed by atoms with E-state index in [0.717, 1.165) is 4.88 Å². The number of carbonyl (C=O) groups is 1. The Bertz CT molecular complexity index is 1090. The van der Waals surface area contributed by atoms with Crippen molar-refractivity contribution in [2.24, 2.45) is 5.14 Å². The van der Waals surface area contributed by atoms with Crippen molar-refractivity contribution < 1.29 is 17.6 Å². The van der Waals surface area contributed by atoms with Crippen molar-refractivity contribution in [3.05, 3.63) is 82.3 Å². The van der Waals surface area contributed by atoms with Crippen molar-refractivity contribution in [2.45, 2.75) is 4.90 Å². The van der Waals surface area contributed by atoms with E-state index < -0.39 is 15.9 Å². The van der Waals surface area contributed by atoms with Crippen LogP contribution in [0, 0.1) is 5.82 Å². The molecule has 3 N–H and O–H groups in total. The average Bonchev–Trinajstić information content (AvgIpc) is 3.15. The van der Waals surface area contributed by atoms with Crippen LogP contribution in [0.1, 0.15) is 10.4 Å². The fourth-order valence-corrected chi connectivity index (χ4v) is 3.65. The minimum atomic E-state index is -3.88. The highest BCUT2D eigenvalue weighted by Gasteiger charge is 2.15.